The average Bonchev–Trinajstić information content (AvgIpc) is 3.44. The summed E-state index contributed by atoms with van der Waals surface area (Å²) in [6.07, 6.45) is 3.93. The normalized spacial score (nSPS) is 11.6. The number of aromatic nitrogens is 2. The number of hydrogen-bond acceptors (Lipinski definition) is 3. The Labute approximate surface area is 293 Å². The molecule has 1 radical (unpaired) electrons. The Morgan fingerprint density at radius 2 is 1.51 bits per heavy atom. The van der Waals surface area contributed by atoms with Gasteiger partial charge in [0.15, 0.2) is 0 Å². The molecule has 3 aromatic heterocycles. The van der Waals surface area contributed by atoms with Crippen LogP contribution in [-0.2, 0) is 25.5 Å². The van der Waals surface area contributed by atoms with E-state index in [9.17, 15) is 0 Å². The molecule has 0 amide bonds. The summed E-state index contributed by atoms with van der Waals surface area (Å²) in [6, 6.07) is 41.7. The predicted octanol–water partition coefficient (Wildman–Crippen LogP) is 10.8. The minimum atomic E-state index is -1.27. The molecule has 7 rings (SSSR count). The molecule has 0 fully saturated rings. The Balaban J connectivity index is 0.000000207. The molecule has 0 saturated carbocycles. The van der Waals surface area contributed by atoms with Gasteiger partial charge in [-0.3, -0.25) is 0 Å². The van der Waals surface area contributed by atoms with Crippen molar-refractivity contribution in [1.29, 1.82) is 0 Å². The van der Waals surface area contributed by atoms with E-state index in [1.165, 1.54) is 27.4 Å². The molecule has 4 aromatic carbocycles. The van der Waals surface area contributed by atoms with E-state index in [2.05, 4.69) is 142 Å². The number of rotatable bonds is 4. The fourth-order valence-corrected chi connectivity index (χ4v) is 7.62. The number of benzene rings is 4. The second kappa shape index (κ2) is 13.9. The van der Waals surface area contributed by atoms with Crippen LogP contribution in [0.1, 0.15) is 31.9 Å². The molecule has 7 aromatic rings. The Bertz CT molecular complexity index is 2120. The van der Waals surface area contributed by atoms with E-state index in [1.54, 1.807) is 0 Å². The standard InChI is InChI=1S/C27H22NO.C15H18NSi.Ir/c1-27(2,3)19-15-16-28-23(17-19)21-12-7-13-22-25-20(18-9-5-4-6-10-18)11-8-14-24(25)29-26(21)22;1-12-10-14(13-8-6-5-7-9-13)16-11-15(12)17(2,3)4;/h4-11,13-17H,1-3H3;5-8,10-11H,1-4H3;/q2*-1;. The van der Waals surface area contributed by atoms with Gasteiger partial charge in [-0.25, -0.2) is 0 Å². The van der Waals surface area contributed by atoms with Crippen LogP contribution in [0.2, 0.25) is 19.6 Å². The first-order valence-corrected chi connectivity index (χ1v) is 19.3. The van der Waals surface area contributed by atoms with Crippen molar-refractivity contribution < 1.29 is 24.5 Å². The van der Waals surface area contributed by atoms with E-state index in [-0.39, 0.29) is 25.5 Å². The largest absolute Gasteiger partial charge is 0.501 e. The summed E-state index contributed by atoms with van der Waals surface area (Å²) >= 11 is 0. The van der Waals surface area contributed by atoms with Gasteiger partial charge in [-0.15, -0.1) is 54.1 Å². The Morgan fingerprint density at radius 1 is 0.745 bits per heavy atom. The molecule has 0 spiro atoms. The molecular formula is C42H40IrN2OSi-2. The monoisotopic (exact) mass is 809 g/mol. The van der Waals surface area contributed by atoms with Crippen molar-refractivity contribution in [2.24, 2.45) is 0 Å². The van der Waals surface area contributed by atoms with Gasteiger partial charge < -0.3 is 14.4 Å². The third-order valence-corrected chi connectivity index (χ3v) is 10.5. The molecule has 3 heterocycles. The third-order valence-electron chi connectivity index (χ3n) is 8.33. The van der Waals surface area contributed by atoms with Crippen LogP contribution in [0, 0.1) is 19.1 Å². The number of hydrogen-bond donors (Lipinski definition) is 0. The van der Waals surface area contributed by atoms with Crippen molar-refractivity contribution in [2.45, 2.75) is 52.8 Å². The molecule has 0 bridgehead atoms. The average molecular weight is 809 g/mol. The molecular weight excluding hydrogens is 769 g/mol. The summed E-state index contributed by atoms with van der Waals surface area (Å²) in [5.41, 5.74) is 10.6. The zero-order valence-electron chi connectivity index (χ0n) is 28.1. The summed E-state index contributed by atoms with van der Waals surface area (Å²) in [5, 5.41) is 3.67. The van der Waals surface area contributed by atoms with Crippen LogP contribution in [0.15, 0.2) is 120 Å². The topological polar surface area (TPSA) is 38.9 Å². The Kier molecular flexibility index (Phi) is 10.1. The van der Waals surface area contributed by atoms with Crippen molar-refractivity contribution >= 4 is 35.2 Å². The SMILES string of the molecule is CC(C)(C)c1ccnc(-c2[c-]ccc3c2oc2cccc(-c4ccccc4)c23)c1.Cc1cc(-c2[c-]cccc2)ncc1[Si](C)(C)C.[Ir]. The van der Waals surface area contributed by atoms with Crippen molar-refractivity contribution in [1.82, 2.24) is 9.97 Å². The third kappa shape index (κ3) is 7.39. The maximum Gasteiger partial charge on any atom is 0.121 e. The van der Waals surface area contributed by atoms with Gasteiger partial charge in [0.1, 0.15) is 5.58 Å². The van der Waals surface area contributed by atoms with Gasteiger partial charge in [0.25, 0.3) is 0 Å². The van der Waals surface area contributed by atoms with Gasteiger partial charge in [0.2, 0.25) is 0 Å². The van der Waals surface area contributed by atoms with Gasteiger partial charge in [0.05, 0.1) is 13.7 Å². The molecule has 0 saturated heterocycles. The van der Waals surface area contributed by atoms with Crippen molar-refractivity contribution in [3.63, 3.8) is 0 Å². The quantitative estimate of drug-likeness (QED) is 0.131. The first kappa shape index (κ1) is 34.2. The zero-order valence-corrected chi connectivity index (χ0v) is 31.5. The molecule has 0 aliphatic rings. The minimum absolute atomic E-state index is 0. The second-order valence-electron chi connectivity index (χ2n) is 13.8. The first-order chi connectivity index (χ1) is 22.0. The number of aryl methyl sites for hydroxylation is 1. The van der Waals surface area contributed by atoms with Crippen LogP contribution >= 0.6 is 0 Å². The number of pyridine rings is 2. The molecule has 5 heteroatoms. The van der Waals surface area contributed by atoms with Crippen molar-refractivity contribution in [3.05, 3.63) is 139 Å². The van der Waals surface area contributed by atoms with Gasteiger partial charge in [-0.1, -0.05) is 112 Å². The van der Waals surface area contributed by atoms with Crippen LogP contribution in [0.25, 0.3) is 55.6 Å². The molecule has 0 aliphatic carbocycles. The number of fused-ring (bicyclic) bond motifs is 3. The molecule has 0 N–H and O–H groups in total. The first-order valence-electron chi connectivity index (χ1n) is 15.8. The van der Waals surface area contributed by atoms with Crippen LogP contribution in [0.4, 0.5) is 0 Å². The summed E-state index contributed by atoms with van der Waals surface area (Å²) in [5.74, 6) is 0. The van der Waals surface area contributed by atoms with Crippen molar-refractivity contribution in [2.75, 3.05) is 0 Å². The van der Waals surface area contributed by atoms with E-state index in [0.717, 1.165) is 44.5 Å². The molecule has 47 heavy (non-hydrogen) atoms. The van der Waals surface area contributed by atoms with E-state index < -0.39 is 8.07 Å². The zero-order chi connectivity index (χ0) is 32.5. The maximum atomic E-state index is 6.35. The van der Waals surface area contributed by atoms with Crippen LogP contribution in [0.3, 0.4) is 0 Å². The van der Waals surface area contributed by atoms with Gasteiger partial charge in [0, 0.05) is 37.9 Å². The van der Waals surface area contributed by atoms with E-state index in [1.807, 2.05) is 42.6 Å². The van der Waals surface area contributed by atoms with Gasteiger partial charge >= 0.3 is 0 Å². The van der Waals surface area contributed by atoms with Crippen LogP contribution < -0.4 is 5.19 Å². The van der Waals surface area contributed by atoms with Crippen molar-refractivity contribution in [3.8, 4) is 33.6 Å². The fraction of sp³-hybridized carbons (Fsp3) is 0.190. The minimum Gasteiger partial charge on any atom is -0.501 e. The van der Waals surface area contributed by atoms with Crippen LogP contribution in [0.5, 0.6) is 0 Å². The Morgan fingerprint density at radius 3 is 2.19 bits per heavy atom. The Hall–Kier alpha value is -4.15. The fourth-order valence-electron chi connectivity index (χ4n) is 5.91. The number of nitrogens with zero attached hydrogens (tertiary/aromatic N) is 2. The van der Waals surface area contributed by atoms with Crippen LogP contribution in [-0.4, -0.2) is 18.0 Å². The second-order valence-corrected chi connectivity index (χ2v) is 18.9. The van der Waals surface area contributed by atoms with E-state index in [0.29, 0.717) is 0 Å². The van der Waals surface area contributed by atoms with E-state index in [4.69, 9.17) is 4.42 Å². The molecule has 0 unspecified atom stereocenters. The van der Waals surface area contributed by atoms with Gasteiger partial charge in [-0.05, 0) is 57.7 Å². The molecule has 3 nitrogen and oxygen atoms in total. The smallest absolute Gasteiger partial charge is 0.121 e. The summed E-state index contributed by atoms with van der Waals surface area (Å²) in [7, 11) is -1.27. The number of furan rings is 1. The molecule has 0 aliphatic heterocycles. The summed E-state index contributed by atoms with van der Waals surface area (Å²) < 4.78 is 6.35. The summed E-state index contributed by atoms with van der Waals surface area (Å²) in [4.78, 5) is 9.21. The van der Waals surface area contributed by atoms with E-state index >= 15 is 0 Å². The van der Waals surface area contributed by atoms with Gasteiger partial charge in [-0.2, -0.15) is 0 Å². The summed E-state index contributed by atoms with van der Waals surface area (Å²) in [6.45, 7) is 15.9. The molecule has 239 valence electrons. The maximum absolute atomic E-state index is 6.35. The molecule has 0 atom stereocenters. The predicted molar refractivity (Wildman–Crippen MR) is 196 cm³/mol.